The van der Waals surface area contributed by atoms with Crippen LogP contribution in [0.25, 0.3) is 0 Å². The van der Waals surface area contributed by atoms with Gasteiger partial charge in [0.1, 0.15) is 4.32 Å². The lowest BCUT2D eigenvalue weighted by molar-refractivity contribution is 0.204. The predicted molar refractivity (Wildman–Crippen MR) is 41.5 cm³/mol. The van der Waals surface area contributed by atoms with E-state index in [1.165, 1.54) is 0 Å². The van der Waals surface area contributed by atoms with Gasteiger partial charge in [0.25, 0.3) is 0 Å². The first-order chi connectivity index (χ1) is 3.77. The average Bonchev–Trinajstić information content (AvgIpc) is 1.66. The second-order valence-electron chi connectivity index (χ2n) is 1.22. The Morgan fingerprint density at radius 1 is 1.88 bits per heavy atom. The fraction of sp³-hybridized carbons (Fsp3) is 0.750. The molecule has 0 aromatic carbocycles. The van der Waals surface area contributed by atoms with Crippen LogP contribution in [-0.4, -0.2) is 24.6 Å². The van der Waals surface area contributed by atoms with Crippen molar-refractivity contribution in [3.63, 3.8) is 0 Å². The number of methoxy groups -OCH3 is 1. The summed E-state index contributed by atoms with van der Waals surface area (Å²) >= 11 is 8.44. The molecule has 0 bridgehead atoms. The first kappa shape index (κ1) is 8.20. The van der Waals surface area contributed by atoms with E-state index in [9.17, 15) is 0 Å². The van der Waals surface area contributed by atoms with Gasteiger partial charge in [0.2, 0.25) is 0 Å². The molecule has 0 saturated heterocycles. The summed E-state index contributed by atoms with van der Waals surface area (Å²) in [7, 11) is 1.64. The lowest BCUT2D eigenvalue weighted by Gasteiger charge is -1.99. The molecule has 0 aliphatic heterocycles. The molecule has 0 aromatic heterocycles. The highest BCUT2D eigenvalue weighted by atomic mass is 32.1. The Morgan fingerprint density at radius 2 is 2.50 bits per heavy atom. The maximum absolute atomic E-state index is 4.74. The number of hydrogen-bond donors (Lipinski definition) is 2. The Morgan fingerprint density at radius 3 is 2.88 bits per heavy atom. The Labute approximate surface area is 60.0 Å². The van der Waals surface area contributed by atoms with E-state index in [-0.39, 0.29) is 0 Å². The van der Waals surface area contributed by atoms with E-state index in [1.807, 2.05) is 0 Å². The van der Waals surface area contributed by atoms with Crippen LogP contribution < -0.4 is 5.32 Å². The van der Waals surface area contributed by atoms with E-state index < -0.39 is 0 Å². The summed E-state index contributed by atoms with van der Waals surface area (Å²) in [6.07, 6.45) is 0. The Kier molecular flexibility index (Phi) is 5.47. The highest BCUT2D eigenvalue weighted by Crippen LogP contribution is 1.75. The second-order valence-corrected chi connectivity index (χ2v) is 2.38. The number of thiol groups is 1. The minimum absolute atomic E-state index is 0.516. The molecule has 0 spiro atoms. The predicted octanol–water partition coefficient (Wildman–Crippen LogP) is 0.437. The van der Waals surface area contributed by atoms with Crippen molar-refractivity contribution in [2.24, 2.45) is 0 Å². The molecule has 4 heteroatoms. The van der Waals surface area contributed by atoms with E-state index in [1.54, 1.807) is 7.11 Å². The largest absolute Gasteiger partial charge is 0.383 e. The standard InChI is InChI=1S/C4H9NOS2/c1-6-3-2-5-4(7)8/h2-3H2,1H3,(H2,5,7,8). The summed E-state index contributed by atoms with van der Waals surface area (Å²) in [5, 5.41) is 2.82. The van der Waals surface area contributed by atoms with Crippen molar-refractivity contribution in [3.05, 3.63) is 0 Å². The molecular weight excluding hydrogens is 142 g/mol. The van der Waals surface area contributed by atoms with Crippen LogP contribution in [0.3, 0.4) is 0 Å². The summed E-state index contributed by atoms with van der Waals surface area (Å²) in [6.45, 7) is 1.40. The summed E-state index contributed by atoms with van der Waals surface area (Å²) in [4.78, 5) is 0. The third-order valence-electron chi connectivity index (χ3n) is 0.582. The highest BCUT2D eigenvalue weighted by molar-refractivity contribution is 8.11. The van der Waals surface area contributed by atoms with Crippen molar-refractivity contribution in [2.75, 3.05) is 20.3 Å². The average molecular weight is 151 g/mol. The molecule has 0 saturated carbocycles. The molecule has 48 valence electrons. The lowest BCUT2D eigenvalue weighted by Crippen LogP contribution is -2.20. The molecule has 0 rings (SSSR count). The van der Waals surface area contributed by atoms with E-state index in [0.29, 0.717) is 10.9 Å². The van der Waals surface area contributed by atoms with Gasteiger partial charge in [-0.05, 0) is 0 Å². The molecule has 0 aliphatic carbocycles. The first-order valence-electron chi connectivity index (χ1n) is 2.23. The SMILES string of the molecule is COCCNC(=S)S. The third-order valence-corrected chi connectivity index (χ3v) is 0.885. The number of hydrogen-bond acceptors (Lipinski definition) is 2. The van der Waals surface area contributed by atoms with E-state index in [2.05, 4.69) is 30.2 Å². The molecule has 0 aromatic rings. The lowest BCUT2D eigenvalue weighted by atomic mass is 10.7. The van der Waals surface area contributed by atoms with Gasteiger partial charge < -0.3 is 10.1 Å². The van der Waals surface area contributed by atoms with Gasteiger partial charge in [-0.1, -0.05) is 12.2 Å². The van der Waals surface area contributed by atoms with E-state index in [4.69, 9.17) is 4.74 Å². The quantitative estimate of drug-likeness (QED) is 0.347. The van der Waals surface area contributed by atoms with Crippen molar-refractivity contribution in [1.82, 2.24) is 5.32 Å². The van der Waals surface area contributed by atoms with Crippen LogP contribution in [0.1, 0.15) is 0 Å². The molecule has 0 unspecified atom stereocenters. The third kappa shape index (κ3) is 6.20. The molecule has 0 fully saturated rings. The van der Waals surface area contributed by atoms with Gasteiger partial charge >= 0.3 is 0 Å². The zero-order valence-electron chi connectivity index (χ0n) is 4.68. The molecule has 8 heavy (non-hydrogen) atoms. The smallest absolute Gasteiger partial charge is 0.130 e. The Bertz CT molecular complexity index is 76.4. The molecule has 1 N–H and O–H groups in total. The van der Waals surface area contributed by atoms with E-state index >= 15 is 0 Å². The van der Waals surface area contributed by atoms with Crippen LogP contribution in [0.5, 0.6) is 0 Å². The highest BCUT2D eigenvalue weighted by Gasteiger charge is 1.83. The molecule has 0 amide bonds. The normalized spacial score (nSPS) is 8.75. The second kappa shape index (κ2) is 5.34. The number of rotatable bonds is 3. The fourth-order valence-electron chi connectivity index (χ4n) is 0.260. The topological polar surface area (TPSA) is 21.3 Å². The van der Waals surface area contributed by atoms with Crippen molar-refractivity contribution in [3.8, 4) is 0 Å². The monoisotopic (exact) mass is 151 g/mol. The fourth-order valence-corrected chi connectivity index (χ4v) is 0.474. The number of ether oxygens (including phenoxy) is 1. The summed E-state index contributed by atoms with van der Waals surface area (Å²) in [5.74, 6) is 0. The van der Waals surface area contributed by atoms with Gasteiger partial charge in [-0.2, -0.15) is 0 Å². The first-order valence-corrected chi connectivity index (χ1v) is 3.08. The molecule has 0 heterocycles. The van der Waals surface area contributed by atoms with Gasteiger partial charge in [-0.3, -0.25) is 0 Å². The molecule has 0 aliphatic rings. The minimum atomic E-state index is 0.516. The van der Waals surface area contributed by atoms with Crippen LogP contribution in [-0.2, 0) is 4.74 Å². The number of nitrogens with one attached hydrogen (secondary N) is 1. The van der Waals surface area contributed by atoms with Crippen LogP contribution in [0, 0.1) is 0 Å². The summed E-state index contributed by atoms with van der Waals surface area (Å²) < 4.78 is 5.25. The van der Waals surface area contributed by atoms with Gasteiger partial charge in [0.15, 0.2) is 0 Å². The maximum atomic E-state index is 4.74. The maximum Gasteiger partial charge on any atom is 0.130 e. The van der Waals surface area contributed by atoms with Gasteiger partial charge in [0.05, 0.1) is 6.61 Å². The van der Waals surface area contributed by atoms with Crippen molar-refractivity contribution in [2.45, 2.75) is 0 Å². The molecule has 0 radical (unpaired) electrons. The zero-order valence-corrected chi connectivity index (χ0v) is 6.39. The molecular formula is C4H9NOS2. The van der Waals surface area contributed by atoms with Crippen LogP contribution in [0.2, 0.25) is 0 Å². The van der Waals surface area contributed by atoms with Crippen molar-refractivity contribution >= 4 is 29.2 Å². The van der Waals surface area contributed by atoms with Crippen LogP contribution >= 0.6 is 24.8 Å². The van der Waals surface area contributed by atoms with Crippen LogP contribution in [0.15, 0.2) is 0 Å². The van der Waals surface area contributed by atoms with Crippen molar-refractivity contribution in [1.29, 1.82) is 0 Å². The Balaban J connectivity index is 2.82. The molecule has 2 nitrogen and oxygen atoms in total. The zero-order chi connectivity index (χ0) is 6.41. The summed E-state index contributed by atoms with van der Waals surface area (Å²) in [5.41, 5.74) is 0. The van der Waals surface area contributed by atoms with Crippen LogP contribution in [0.4, 0.5) is 0 Å². The number of thiocarbonyl (C=S) groups is 1. The minimum Gasteiger partial charge on any atom is -0.383 e. The van der Waals surface area contributed by atoms with Gasteiger partial charge in [-0.25, -0.2) is 0 Å². The van der Waals surface area contributed by atoms with Crippen molar-refractivity contribution < 1.29 is 4.74 Å². The van der Waals surface area contributed by atoms with Gasteiger partial charge in [-0.15, -0.1) is 12.6 Å². The molecule has 0 atom stereocenters. The Hall–Kier alpha value is 0.200. The van der Waals surface area contributed by atoms with E-state index in [0.717, 1.165) is 6.54 Å². The van der Waals surface area contributed by atoms with Gasteiger partial charge in [0, 0.05) is 13.7 Å². The summed E-state index contributed by atoms with van der Waals surface area (Å²) in [6, 6.07) is 0.